The Hall–Kier alpha value is -4.04. The monoisotopic (exact) mass is 502 g/mol. The van der Waals surface area contributed by atoms with E-state index in [9.17, 15) is 18.8 Å². The second-order valence-corrected chi connectivity index (χ2v) is 9.22. The summed E-state index contributed by atoms with van der Waals surface area (Å²) in [6, 6.07) is 19.8. The van der Waals surface area contributed by atoms with Crippen LogP contribution in [0.4, 0.5) is 21.5 Å². The Labute approximate surface area is 216 Å². The number of rotatable bonds is 8. The van der Waals surface area contributed by atoms with Gasteiger partial charge in [0.2, 0.25) is 5.91 Å². The number of halogens is 1. The number of carbonyl (C=O) groups excluding carboxylic acids is 3. The molecular formula is C29H31FN4O3. The average Bonchev–Trinajstić information content (AvgIpc) is 2.91. The Bertz CT molecular complexity index is 1260. The molecule has 0 aromatic heterocycles. The Morgan fingerprint density at radius 2 is 1.62 bits per heavy atom. The van der Waals surface area contributed by atoms with Crippen LogP contribution in [-0.4, -0.2) is 48.7 Å². The summed E-state index contributed by atoms with van der Waals surface area (Å²) in [4.78, 5) is 41.7. The Morgan fingerprint density at radius 3 is 2.27 bits per heavy atom. The number of nitrogens with two attached hydrogens (primary N) is 1. The minimum Gasteiger partial charge on any atom is -0.395 e. The van der Waals surface area contributed by atoms with Crippen molar-refractivity contribution >= 4 is 34.7 Å². The lowest BCUT2D eigenvalue weighted by Gasteiger charge is -2.33. The number of benzene rings is 3. The van der Waals surface area contributed by atoms with Crippen LogP contribution in [0.15, 0.2) is 72.8 Å². The van der Waals surface area contributed by atoms with Crippen LogP contribution in [0.5, 0.6) is 0 Å². The zero-order valence-electron chi connectivity index (χ0n) is 20.8. The quantitative estimate of drug-likeness (QED) is 0.347. The summed E-state index contributed by atoms with van der Waals surface area (Å²) in [6.45, 7) is 3.99. The van der Waals surface area contributed by atoms with Gasteiger partial charge in [0, 0.05) is 37.1 Å². The van der Waals surface area contributed by atoms with E-state index in [4.69, 9.17) is 5.73 Å². The predicted molar refractivity (Wildman–Crippen MR) is 143 cm³/mol. The summed E-state index contributed by atoms with van der Waals surface area (Å²) in [5, 5.41) is 2.83. The predicted octanol–water partition coefficient (Wildman–Crippen LogP) is 4.61. The molecule has 37 heavy (non-hydrogen) atoms. The third-order valence-corrected chi connectivity index (χ3v) is 6.77. The molecule has 0 spiro atoms. The lowest BCUT2D eigenvalue weighted by Crippen LogP contribution is -2.42. The van der Waals surface area contributed by atoms with Gasteiger partial charge in [-0.15, -0.1) is 0 Å². The Morgan fingerprint density at radius 1 is 0.946 bits per heavy atom. The molecule has 1 aliphatic rings. The molecule has 1 fully saturated rings. The van der Waals surface area contributed by atoms with Gasteiger partial charge in [0.05, 0.1) is 17.1 Å². The molecule has 3 N–H and O–H groups in total. The van der Waals surface area contributed by atoms with Gasteiger partial charge in [0.15, 0.2) is 5.78 Å². The van der Waals surface area contributed by atoms with Crippen LogP contribution in [-0.2, 0) is 4.79 Å². The van der Waals surface area contributed by atoms with Gasteiger partial charge in [-0.1, -0.05) is 24.3 Å². The first kappa shape index (κ1) is 26.0. The van der Waals surface area contributed by atoms with E-state index in [1.807, 2.05) is 6.07 Å². The summed E-state index contributed by atoms with van der Waals surface area (Å²) in [5.74, 6) is -0.832. The SMILES string of the molecule is CC(=O)N(CCN1CCC(C(=O)c2ccc(F)cc2)CC1)c1cccc(NC(=O)c2ccccc2)c1N. The van der Waals surface area contributed by atoms with Crippen LogP contribution in [0, 0.1) is 11.7 Å². The van der Waals surface area contributed by atoms with Gasteiger partial charge in [-0.05, 0) is 74.5 Å². The maximum atomic E-state index is 13.2. The van der Waals surface area contributed by atoms with Crippen molar-refractivity contribution < 1.29 is 18.8 Å². The lowest BCUT2D eigenvalue weighted by molar-refractivity contribution is -0.116. The molecule has 1 aliphatic heterocycles. The number of para-hydroxylation sites is 1. The molecule has 1 heterocycles. The molecule has 0 bridgehead atoms. The molecule has 192 valence electrons. The topological polar surface area (TPSA) is 95.7 Å². The molecule has 2 amide bonds. The number of amides is 2. The first-order valence-electron chi connectivity index (χ1n) is 12.4. The zero-order valence-corrected chi connectivity index (χ0v) is 20.8. The highest BCUT2D eigenvalue weighted by atomic mass is 19.1. The highest BCUT2D eigenvalue weighted by Crippen LogP contribution is 2.31. The molecule has 0 atom stereocenters. The smallest absolute Gasteiger partial charge is 0.255 e. The third kappa shape index (κ3) is 6.40. The number of ketones is 1. The molecular weight excluding hydrogens is 471 g/mol. The van der Waals surface area contributed by atoms with Crippen LogP contribution >= 0.6 is 0 Å². The van der Waals surface area contributed by atoms with Crippen LogP contribution < -0.4 is 16.0 Å². The van der Waals surface area contributed by atoms with E-state index >= 15 is 0 Å². The minimum absolute atomic E-state index is 0.0483. The van der Waals surface area contributed by atoms with Crippen molar-refractivity contribution in [3.63, 3.8) is 0 Å². The number of nitrogen functional groups attached to an aromatic ring is 1. The number of hydrogen-bond donors (Lipinski definition) is 2. The van der Waals surface area contributed by atoms with Crippen molar-refractivity contribution in [2.45, 2.75) is 19.8 Å². The lowest BCUT2D eigenvalue weighted by atomic mass is 9.89. The summed E-state index contributed by atoms with van der Waals surface area (Å²) in [5.41, 5.74) is 8.75. The summed E-state index contributed by atoms with van der Waals surface area (Å²) >= 11 is 0. The second kappa shape index (κ2) is 11.8. The Kier molecular flexibility index (Phi) is 8.30. The van der Waals surface area contributed by atoms with Crippen LogP contribution in [0.1, 0.15) is 40.5 Å². The van der Waals surface area contributed by atoms with Crippen LogP contribution in [0.3, 0.4) is 0 Å². The number of nitrogens with one attached hydrogen (secondary N) is 1. The van der Waals surface area contributed by atoms with Gasteiger partial charge in [0.25, 0.3) is 5.91 Å². The molecule has 0 saturated carbocycles. The van der Waals surface area contributed by atoms with E-state index in [1.54, 1.807) is 47.4 Å². The summed E-state index contributed by atoms with van der Waals surface area (Å²) < 4.78 is 13.2. The normalized spacial score (nSPS) is 14.2. The fraction of sp³-hybridized carbons (Fsp3) is 0.276. The van der Waals surface area contributed by atoms with E-state index in [2.05, 4.69) is 10.2 Å². The summed E-state index contributed by atoms with van der Waals surface area (Å²) in [7, 11) is 0. The fourth-order valence-corrected chi connectivity index (χ4v) is 4.64. The number of hydrogen-bond acceptors (Lipinski definition) is 5. The van der Waals surface area contributed by atoms with Crippen molar-refractivity contribution in [3.8, 4) is 0 Å². The molecule has 0 radical (unpaired) electrons. The number of carbonyl (C=O) groups is 3. The maximum Gasteiger partial charge on any atom is 0.255 e. The highest BCUT2D eigenvalue weighted by Gasteiger charge is 2.26. The molecule has 4 rings (SSSR count). The molecule has 3 aromatic carbocycles. The van der Waals surface area contributed by atoms with Crippen LogP contribution in [0.25, 0.3) is 0 Å². The molecule has 3 aromatic rings. The Balaban J connectivity index is 1.36. The first-order valence-corrected chi connectivity index (χ1v) is 12.4. The van der Waals surface area contributed by atoms with Gasteiger partial charge in [-0.2, -0.15) is 0 Å². The summed E-state index contributed by atoms with van der Waals surface area (Å²) in [6.07, 6.45) is 1.42. The van der Waals surface area contributed by atoms with Crippen LogP contribution in [0.2, 0.25) is 0 Å². The number of anilines is 3. The van der Waals surface area contributed by atoms with Gasteiger partial charge >= 0.3 is 0 Å². The van der Waals surface area contributed by atoms with Crippen molar-refractivity contribution in [2.75, 3.05) is 42.1 Å². The zero-order chi connectivity index (χ0) is 26.4. The number of Topliss-reactive ketones (excluding diaryl/α,β-unsaturated/α-hetero) is 1. The molecule has 1 saturated heterocycles. The van der Waals surface area contributed by atoms with Crippen molar-refractivity contribution in [2.24, 2.45) is 5.92 Å². The van der Waals surface area contributed by atoms with E-state index in [1.165, 1.54) is 31.2 Å². The van der Waals surface area contributed by atoms with Gasteiger partial charge in [-0.3, -0.25) is 14.4 Å². The van der Waals surface area contributed by atoms with E-state index in [0.29, 0.717) is 54.1 Å². The van der Waals surface area contributed by atoms with Crippen molar-refractivity contribution in [1.82, 2.24) is 4.90 Å². The minimum atomic E-state index is -0.355. The second-order valence-electron chi connectivity index (χ2n) is 9.22. The fourth-order valence-electron chi connectivity index (χ4n) is 4.64. The number of nitrogens with zero attached hydrogens (tertiary/aromatic N) is 2. The van der Waals surface area contributed by atoms with E-state index < -0.39 is 0 Å². The van der Waals surface area contributed by atoms with Crippen molar-refractivity contribution in [3.05, 3.63) is 89.7 Å². The number of piperidine rings is 1. The van der Waals surface area contributed by atoms with Gasteiger partial charge in [-0.25, -0.2) is 4.39 Å². The van der Waals surface area contributed by atoms with E-state index in [0.717, 1.165) is 13.1 Å². The first-order chi connectivity index (χ1) is 17.8. The maximum absolute atomic E-state index is 13.2. The molecule has 0 aliphatic carbocycles. The largest absolute Gasteiger partial charge is 0.395 e. The number of likely N-dealkylation sites (tertiary alicyclic amines) is 1. The third-order valence-electron chi connectivity index (χ3n) is 6.77. The van der Waals surface area contributed by atoms with Gasteiger partial charge < -0.3 is 20.9 Å². The standard InChI is InChI=1S/C29H31FN4O3/c1-20(35)34(26-9-5-8-25(27(26)31)32-29(37)23-6-3-2-4-7-23)19-18-33-16-14-22(15-17-33)28(36)21-10-12-24(30)13-11-21/h2-13,22H,14-19,31H2,1H3,(H,32,37). The van der Waals surface area contributed by atoms with Gasteiger partial charge in [0.1, 0.15) is 5.82 Å². The molecule has 8 heteroatoms. The average molecular weight is 503 g/mol. The molecule has 7 nitrogen and oxygen atoms in total. The van der Waals surface area contributed by atoms with E-state index in [-0.39, 0.29) is 29.3 Å². The highest BCUT2D eigenvalue weighted by molar-refractivity contribution is 6.07. The molecule has 0 unspecified atom stereocenters. The van der Waals surface area contributed by atoms with Crippen molar-refractivity contribution in [1.29, 1.82) is 0 Å².